The maximum Gasteiger partial charge on any atom is -0.00578 e. The molecule has 0 radical (unpaired) electrons. The van der Waals surface area contributed by atoms with Crippen molar-refractivity contribution >= 4 is 6.08 Å². The molecule has 3 rings (SSSR count). The molecule has 0 saturated carbocycles. The van der Waals surface area contributed by atoms with Gasteiger partial charge in [-0.2, -0.15) is 0 Å². The first-order valence-corrected chi connectivity index (χ1v) is 7.54. The van der Waals surface area contributed by atoms with Gasteiger partial charge >= 0.3 is 0 Å². The van der Waals surface area contributed by atoms with Crippen molar-refractivity contribution in [2.45, 2.75) is 59.3 Å². The summed E-state index contributed by atoms with van der Waals surface area (Å²) in [6, 6.07) is 4.79. The van der Waals surface area contributed by atoms with Crippen LogP contribution >= 0.6 is 0 Å². The van der Waals surface area contributed by atoms with E-state index in [-0.39, 0.29) is 0 Å². The van der Waals surface area contributed by atoms with Gasteiger partial charge in [0.2, 0.25) is 0 Å². The molecule has 0 bridgehead atoms. The molecule has 0 heterocycles. The molecule has 0 N–H and O–H groups in total. The van der Waals surface area contributed by atoms with Crippen LogP contribution in [0.4, 0.5) is 0 Å². The van der Waals surface area contributed by atoms with Crippen molar-refractivity contribution in [1.82, 2.24) is 0 Å². The van der Waals surface area contributed by atoms with Crippen LogP contribution in [0.25, 0.3) is 6.08 Å². The molecule has 2 aliphatic rings. The SMILES string of the molecule is CCC1=Cc2c(ccc3c2CC(CC)(CC)C3)C1. The van der Waals surface area contributed by atoms with E-state index in [2.05, 4.69) is 39.0 Å². The Balaban J connectivity index is 2.03. The third kappa shape index (κ3) is 1.66. The Hall–Kier alpha value is -1.04. The van der Waals surface area contributed by atoms with Crippen LogP contribution in [-0.2, 0) is 19.3 Å². The van der Waals surface area contributed by atoms with Crippen LogP contribution in [0.2, 0.25) is 0 Å². The van der Waals surface area contributed by atoms with Gasteiger partial charge in [0.15, 0.2) is 0 Å². The first-order valence-electron chi connectivity index (χ1n) is 7.54. The van der Waals surface area contributed by atoms with Crippen molar-refractivity contribution < 1.29 is 0 Å². The van der Waals surface area contributed by atoms with Gasteiger partial charge in [-0.25, -0.2) is 0 Å². The van der Waals surface area contributed by atoms with Crippen molar-refractivity contribution in [2.75, 3.05) is 0 Å². The average molecular weight is 240 g/mol. The van der Waals surface area contributed by atoms with Crippen molar-refractivity contribution in [2.24, 2.45) is 5.41 Å². The topological polar surface area (TPSA) is 0 Å². The summed E-state index contributed by atoms with van der Waals surface area (Å²) in [4.78, 5) is 0. The van der Waals surface area contributed by atoms with E-state index in [9.17, 15) is 0 Å². The maximum atomic E-state index is 2.48. The summed E-state index contributed by atoms with van der Waals surface area (Å²) < 4.78 is 0. The number of rotatable bonds is 3. The van der Waals surface area contributed by atoms with E-state index < -0.39 is 0 Å². The van der Waals surface area contributed by atoms with E-state index >= 15 is 0 Å². The second-order valence-corrected chi connectivity index (χ2v) is 6.17. The lowest BCUT2D eigenvalue weighted by atomic mass is 9.79. The first-order chi connectivity index (χ1) is 8.71. The minimum atomic E-state index is 0.556. The Kier molecular flexibility index (Phi) is 2.84. The highest BCUT2D eigenvalue weighted by molar-refractivity contribution is 5.69. The lowest BCUT2D eigenvalue weighted by Gasteiger charge is -2.25. The third-order valence-corrected chi connectivity index (χ3v) is 5.38. The fourth-order valence-electron chi connectivity index (χ4n) is 3.79. The number of allylic oxidation sites excluding steroid dienone is 1. The normalized spacial score (nSPS) is 19.6. The molecule has 0 atom stereocenters. The highest BCUT2D eigenvalue weighted by Crippen LogP contribution is 2.45. The Morgan fingerprint density at radius 2 is 1.72 bits per heavy atom. The van der Waals surface area contributed by atoms with Gasteiger partial charge in [-0.1, -0.05) is 44.6 Å². The van der Waals surface area contributed by atoms with Crippen molar-refractivity contribution in [3.05, 3.63) is 40.0 Å². The molecule has 1 aromatic rings. The highest BCUT2D eigenvalue weighted by atomic mass is 14.4. The predicted molar refractivity (Wildman–Crippen MR) is 78.8 cm³/mol. The Morgan fingerprint density at radius 3 is 2.39 bits per heavy atom. The molecule has 0 nitrogen and oxygen atoms in total. The molecular weight excluding hydrogens is 216 g/mol. The summed E-state index contributed by atoms with van der Waals surface area (Å²) in [5.41, 5.74) is 8.65. The second kappa shape index (κ2) is 4.26. The van der Waals surface area contributed by atoms with Crippen LogP contribution in [-0.4, -0.2) is 0 Å². The average Bonchev–Trinajstić information content (AvgIpc) is 2.99. The van der Waals surface area contributed by atoms with Crippen molar-refractivity contribution in [3.8, 4) is 0 Å². The standard InChI is InChI=1S/C18H24/c1-4-13-9-14-7-8-15-11-18(5-2,6-3)12-17(15)16(14)10-13/h7-8,10H,4-6,9,11-12H2,1-3H3. The van der Waals surface area contributed by atoms with Gasteiger partial charge in [-0.05, 0) is 66.2 Å². The minimum absolute atomic E-state index is 0.556. The Labute approximate surface area is 111 Å². The van der Waals surface area contributed by atoms with Crippen LogP contribution in [0.15, 0.2) is 17.7 Å². The van der Waals surface area contributed by atoms with Gasteiger partial charge in [-0.3, -0.25) is 0 Å². The fraction of sp³-hybridized carbons (Fsp3) is 0.556. The van der Waals surface area contributed by atoms with Gasteiger partial charge in [0, 0.05) is 0 Å². The molecule has 96 valence electrons. The summed E-state index contributed by atoms with van der Waals surface area (Å²) in [6.45, 7) is 7.01. The summed E-state index contributed by atoms with van der Waals surface area (Å²) in [5.74, 6) is 0. The van der Waals surface area contributed by atoms with E-state index in [1.165, 1.54) is 38.5 Å². The Morgan fingerprint density at radius 1 is 1.00 bits per heavy atom. The molecule has 1 aromatic carbocycles. The smallest absolute Gasteiger partial charge is 0.00578 e. The molecular formula is C18H24. The van der Waals surface area contributed by atoms with Crippen molar-refractivity contribution in [3.63, 3.8) is 0 Å². The fourth-order valence-corrected chi connectivity index (χ4v) is 3.79. The molecule has 0 spiro atoms. The van der Waals surface area contributed by atoms with Gasteiger partial charge in [0.25, 0.3) is 0 Å². The largest absolute Gasteiger partial charge is 0.0655 e. The Bertz CT molecular complexity index is 501. The van der Waals surface area contributed by atoms with Gasteiger partial charge in [0.05, 0.1) is 0 Å². The van der Waals surface area contributed by atoms with Gasteiger partial charge in [-0.15, -0.1) is 0 Å². The third-order valence-electron chi connectivity index (χ3n) is 5.38. The van der Waals surface area contributed by atoms with E-state index in [1.807, 2.05) is 0 Å². The zero-order valence-corrected chi connectivity index (χ0v) is 12.0. The molecule has 2 aliphatic carbocycles. The lowest BCUT2D eigenvalue weighted by molar-refractivity contribution is 0.280. The number of hydrogen-bond donors (Lipinski definition) is 0. The first kappa shape index (κ1) is 12.0. The van der Waals surface area contributed by atoms with Crippen LogP contribution in [0.5, 0.6) is 0 Å². The molecule has 0 aromatic heterocycles. The molecule has 0 unspecified atom stereocenters. The molecule has 0 amide bonds. The second-order valence-electron chi connectivity index (χ2n) is 6.17. The molecule has 0 aliphatic heterocycles. The highest BCUT2D eigenvalue weighted by Gasteiger charge is 2.36. The molecule has 0 saturated heterocycles. The number of fused-ring (bicyclic) bond motifs is 3. The zero-order valence-electron chi connectivity index (χ0n) is 12.0. The van der Waals surface area contributed by atoms with Gasteiger partial charge in [0.1, 0.15) is 0 Å². The maximum absolute atomic E-state index is 2.48. The van der Waals surface area contributed by atoms with Crippen molar-refractivity contribution in [1.29, 1.82) is 0 Å². The molecule has 18 heavy (non-hydrogen) atoms. The monoisotopic (exact) mass is 240 g/mol. The van der Waals surface area contributed by atoms with Crippen LogP contribution in [0, 0.1) is 5.41 Å². The lowest BCUT2D eigenvalue weighted by Crippen LogP contribution is -2.18. The van der Waals surface area contributed by atoms with E-state index in [4.69, 9.17) is 0 Å². The van der Waals surface area contributed by atoms with E-state index in [0.29, 0.717) is 5.41 Å². The molecule has 0 fully saturated rings. The van der Waals surface area contributed by atoms with Gasteiger partial charge < -0.3 is 0 Å². The van der Waals surface area contributed by atoms with Crippen LogP contribution < -0.4 is 0 Å². The minimum Gasteiger partial charge on any atom is -0.0655 e. The summed E-state index contributed by atoms with van der Waals surface area (Å²) in [7, 11) is 0. The number of benzene rings is 1. The van der Waals surface area contributed by atoms with E-state index in [1.54, 1.807) is 27.8 Å². The van der Waals surface area contributed by atoms with Crippen LogP contribution in [0.3, 0.4) is 0 Å². The zero-order chi connectivity index (χ0) is 12.8. The number of hydrogen-bond acceptors (Lipinski definition) is 0. The van der Waals surface area contributed by atoms with E-state index in [0.717, 1.165) is 0 Å². The summed E-state index contributed by atoms with van der Waals surface area (Å²) in [6.07, 6.45) is 10.1. The molecule has 0 heteroatoms. The predicted octanol–water partition coefficient (Wildman–Crippen LogP) is 4.94. The van der Waals surface area contributed by atoms with Crippen LogP contribution in [0.1, 0.15) is 62.3 Å². The summed E-state index contributed by atoms with van der Waals surface area (Å²) >= 11 is 0. The summed E-state index contributed by atoms with van der Waals surface area (Å²) in [5, 5.41) is 0. The quantitative estimate of drug-likeness (QED) is 0.702.